The molecule has 180 valence electrons. The van der Waals surface area contributed by atoms with Gasteiger partial charge in [-0.15, -0.1) is 0 Å². The average Bonchev–Trinajstić information content (AvgIpc) is 2.88. The fourth-order valence-electron chi connectivity index (χ4n) is 4.62. The molecule has 0 radical (unpaired) electrons. The van der Waals surface area contributed by atoms with Gasteiger partial charge in [-0.2, -0.15) is 5.26 Å². The van der Waals surface area contributed by atoms with Crippen LogP contribution in [0.4, 0.5) is 0 Å². The summed E-state index contributed by atoms with van der Waals surface area (Å²) in [6, 6.07) is 23.3. The van der Waals surface area contributed by atoms with Crippen LogP contribution in [0, 0.1) is 17.2 Å². The molecular formula is C29H32N4O2. The first-order valence-electron chi connectivity index (χ1n) is 12.2. The number of benzene rings is 3. The highest BCUT2D eigenvalue weighted by Crippen LogP contribution is 2.19. The SMILES string of the molecule is CC(C)[C@@H](NC(=O)Cc1cccc2ccccc12)C(=O)N1CCN(Cc2ccc(C#N)cc2)CC1. The normalized spacial score (nSPS) is 15.1. The molecule has 6 heteroatoms. The van der Waals surface area contributed by atoms with Crippen molar-refractivity contribution in [1.82, 2.24) is 15.1 Å². The lowest BCUT2D eigenvalue weighted by atomic mass is 9.99. The minimum atomic E-state index is -0.539. The first-order valence-corrected chi connectivity index (χ1v) is 12.2. The third-order valence-electron chi connectivity index (χ3n) is 6.65. The minimum Gasteiger partial charge on any atom is -0.344 e. The van der Waals surface area contributed by atoms with Crippen LogP contribution in [-0.4, -0.2) is 53.8 Å². The van der Waals surface area contributed by atoms with Crippen LogP contribution in [0.25, 0.3) is 10.8 Å². The molecule has 2 amide bonds. The first-order chi connectivity index (χ1) is 16.9. The second-order valence-corrected chi connectivity index (χ2v) is 9.51. The van der Waals surface area contributed by atoms with Crippen LogP contribution in [0.3, 0.4) is 0 Å². The summed E-state index contributed by atoms with van der Waals surface area (Å²) < 4.78 is 0. The van der Waals surface area contributed by atoms with Crippen LogP contribution in [0.1, 0.15) is 30.5 Å². The summed E-state index contributed by atoms with van der Waals surface area (Å²) in [5, 5.41) is 14.2. The molecule has 0 unspecified atom stereocenters. The Labute approximate surface area is 207 Å². The first kappa shape index (κ1) is 24.4. The Morgan fingerprint density at radius 3 is 2.31 bits per heavy atom. The monoisotopic (exact) mass is 468 g/mol. The highest BCUT2D eigenvalue weighted by molar-refractivity contribution is 5.92. The number of rotatable bonds is 7. The molecule has 0 saturated carbocycles. The van der Waals surface area contributed by atoms with Gasteiger partial charge in [-0.3, -0.25) is 14.5 Å². The molecule has 3 aromatic carbocycles. The highest BCUT2D eigenvalue weighted by Gasteiger charge is 2.30. The lowest BCUT2D eigenvalue weighted by Crippen LogP contribution is -2.56. The predicted octanol–water partition coefficient (Wildman–Crippen LogP) is 3.74. The van der Waals surface area contributed by atoms with E-state index in [1.54, 1.807) is 0 Å². The maximum absolute atomic E-state index is 13.3. The van der Waals surface area contributed by atoms with E-state index in [-0.39, 0.29) is 24.2 Å². The number of carbonyl (C=O) groups is 2. The van der Waals surface area contributed by atoms with E-state index in [0.29, 0.717) is 18.7 Å². The molecule has 1 saturated heterocycles. The van der Waals surface area contributed by atoms with Crippen LogP contribution in [-0.2, 0) is 22.6 Å². The molecule has 35 heavy (non-hydrogen) atoms. The van der Waals surface area contributed by atoms with E-state index in [2.05, 4.69) is 16.3 Å². The van der Waals surface area contributed by atoms with Gasteiger partial charge in [0.05, 0.1) is 18.1 Å². The van der Waals surface area contributed by atoms with Crippen molar-refractivity contribution in [2.45, 2.75) is 32.9 Å². The Balaban J connectivity index is 1.33. The molecule has 1 aliphatic rings. The summed E-state index contributed by atoms with van der Waals surface area (Å²) in [6.07, 6.45) is 0.246. The summed E-state index contributed by atoms with van der Waals surface area (Å²) in [7, 11) is 0. The molecule has 4 rings (SSSR count). The number of piperazine rings is 1. The predicted molar refractivity (Wildman–Crippen MR) is 137 cm³/mol. The van der Waals surface area contributed by atoms with Gasteiger partial charge in [0.15, 0.2) is 0 Å². The number of fused-ring (bicyclic) bond motifs is 1. The van der Waals surface area contributed by atoms with Gasteiger partial charge in [-0.25, -0.2) is 0 Å². The smallest absolute Gasteiger partial charge is 0.245 e. The Morgan fingerprint density at radius 1 is 0.943 bits per heavy atom. The van der Waals surface area contributed by atoms with Crippen molar-refractivity contribution in [3.63, 3.8) is 0 Å². The molecule has 6 nitrogen and oxygen atoms in total. The molecule has 1 heterocycles. The number of nitriles is 1. The summed E-state index contributed by atoms with van der Waals surface area (Å²) >= 11 is 0. The van der Waals surface area contributed by atoms with Crippen molar-refractivity contribution in [1.29, 1.82) is 5.26 Å². The largest absolute Gasteiger partial charge is 0.344 e. The van der Waals surface area contributed by atoms with Crippen molar-refractivity contribution in [3.05, 3.63) is 83.4 Å². The van der Waals surface area contributed by atoms with Gasteiger partial charge in [-0.1, -0.05) is 68.4 Å². The summed E-state index contributed by atoms with van der Waals surface area (Å²) in [6.45, 7) is 7.57. The van der Waals surface area contributed by atoms with Gasteiger partial charge in [0.2, 0.25) is 11.8 Å². The third kappa shape index (κ3) is 6.06. The summed E-state index contributed by atoms with van der Waals surface area (Å²) in [4.78, 5) is 30.5. The molecule has 1 aliphatic heterocycles. The number of nitrogens with one attached hydrogen (secondary N) is 1. The lowest BCUT2D eigenvalue weighted by Gasteiger charge is -2.37. The van der Waals surface area contributed by atoms with Crippen molar-refractivity contribution >= 4 is 22.6 Å². The van der Waals surface area contributed by atoms with Gasteiger partial charge in [0.25, 0.3) is 0 Å². The van der Waals surface area contributed by atoms with E-state index >= 15 is 0 Å². The molecule has 0 bridgehead atoms. The summed E-state index contributed by atoms with van der Waals surface area (Å²) in [5.41, 5.74) is 2.78. The van der Waals surface area contributed by atoms with Crippen molar-refractivity contribution in [3.8, 4) is 6.07 Å². The average molecular weight is 469 g/mol. The van der Waals surface area contributed by atoms with E-state index < -0.39 is 6.04 Å². The third-order valence-corrected chi connectivity index (χ3v) is 6.65. The standard InChI is InChI=1S/C29H32N4O2/c1-21(2)28(31-27(34)18-25-8-5-7-24-6-3-4-9-26(24)25)29(35)33-16-14-32(15-17-33)20-23-12-10-22(19-30)11-13-23/h3-13,21,28H,14-18,20H2,1-2H3,(H,31,34)/t28-/m1/s1. The second kappa shape index (κ2) is 11.2. The molecular weight excluding hydrogens is 436 g/mol. The van der Waals surface area contributed by atoms with E-state index in [0.717, 1.165) is 41.5 Å². The zero-order chi connectivity index (χ0) is 24.8. The number of amides is 2. The Hall–Kier alpha value is -3.69. The topological polar surface area (TPSA) is 76.4 Å². The zero-order valence-electron chi connectivity index (χ0n) is 20.4. The molecule has 0 aliphatic carbocycles. The van der Waals surface area contributed by atoms with E-state index in [9.17, 15) is 9.59 Å². The number of hydrogen-bond acceptors (Lipinski definition) is 4. The van der Waals surface area contributed by atoms with Crippen LogP contribution >= 0.6 is 0 Å². The molecule has 1 atom stereocenters. The molecule has 1 N–H and O–H groups in total. The lowest BCUT2D eigenvalue weighted by molar-refractivity contribution is -0.139. The van der Waals surface area contributed by atoms with E-state index in [1.165, 1.54) is 0 Å². The Bertz CT molecular complexity index is 1220. The Kier molecular flexibility index (Phi) is 7.79. The summed E-state index contributed by atoms with van der Waals surface area (Å²) in [5.74, 6) is -0.146. The van der Waals surface area contributed by atoms with Crippen LogP contribution in [0.15, 0.2) is 66.7 Å². The highest BCUT2D eigenvalue weighted by atomic mass is 16.2. The van der Waals surface area contributed by atoms with Gasteiger partial charge in [-0.05, 0) is 39.9 Å². The molecule has 0 aromatic heterocycles. The number of carbonyl (C=O) groups excluding carboxylic acids is 2. The fourth-order valence-corrected chi connectivity index (χ4v) is 4.62. The van der Waals surface area contributed by atoms with Gasteiger partial charge in [0.1, 0.15) is 6.04 Å². The maximum Gasteiger partial charge on any atom is 0.245 e. The minimum absolute atomic E-state index is 0.00403. The van der Waals surface area contributed by atoms with Crippen molar-refractivity contribution < 1.29 is 9.59 Å². The Morgan fingerprint density at radius 2 is 1.63 bits per heavy atom. The maximum atomic E-state index is 13.3. The van der Waals surface area contributed by atoms with Crippen LogP contribution in [0.2, 0.25) is 0 Å². The van der Waals surface area contributed by atoms with Crippen molar-refractivity contribution in [2.75, 3.05) is 26.2 Å². The van der Waals surface area contributed by atoms with Crippen LogP contribution in [0.5, 0.6) is 0 Å². The van der Waals surface area contributed by atoms with Gasteiger partial charge >= 0.3 is 0 Å². The van der Waals surface area contributed by atoms with Gasteiger partial charge < -0.3 is 10.2 Å². The number of nitrogens with zero attached hydrogens (tertiary/aromatic N) is 3. The quantitative estimate of drug-likeness (QED) is 0.573. The van der Waals surface area contributed by atoms with Crippen LogP contribution < -0.4 is 5.32 Å². The fraction of sp³-hybridized carbons (Fsp3) is 0.345. The molecule has 3 aromatic rings. The van der Waals surface area contributed by atoms with Crippen molar-refractivity contribution in [2.24, 2.45) is 5.92 Å². The van der Waals surface area contributed by atoms with Gasteiger partial charge in [0, 0.05) is 32.7 Å². The second-order valence-electron chi connectivity index (χ2n) is 9.51. The molecule has 1 fully saturated rings. The molecule has 0 spiro atoms. The van der Waals surface area contributed by atoms with E-state index in [4.69, 9.17) is 5.26 Å². The zero-order valence-corrected chi connectivity index (χ0v) is 20.4. The van der Waals surface area contributed by atoms with E-state index in [1.807, 2.05) is 85.5 Å². The number of hydrogen-bond donors (Lipinski definition) is 1.